The van der Waals surface area contributed by atoms with Gasteiger partial charge in [-0.25, -0.2) is 8.42 Å². The van der Waals surface area contributed by atoms with Crippen molar-refractivity contribution in [1.82, 2.24) is 10.2 Å². The standard InChI is InChI=1S/C13H26N2O2S2/c1-19(16,17)13-11-18-10-9-15(13)8-4-2-3-7-14-12-5-6-12/h12-14H,2-11H2,1H3. The molecule has 0 spiro atoms. The molecule has 0 aromatic rings. The minimum atomic E-state index is -2.93. The van der Waals surface area contributed by atoms with Crippen molar-refractivity contribution >= 4 is 21.6 Å². The molecule has 0 aromatic carbocycles. The first kappa shape index (κ1) is 15.6. The van der Waals surface area contributed by atoms with Crippen LogP contribution < -0.4 is 5.32 Å². The highest BCUT2D eigenvalue weighted by molar-refractivity contribution is 8.00. The van der Waals surface area contributed by atoms with Crippen molar-refractivity contribution in [2.24, 2.45) is 0 Å². The molecule has 1 saturated heterocycles. The Hall–Kier alpha value is 0.220. The van der Waals surface area contributed by atoms with Gasteiger partial charge in [-0.2, -0.15) is 11.8 Å². The monoisotopic (exact) mass is 306 g/mol. The summed E-state index contributed by atoms with van der Waals surface area (Å²) in [7, 11) is -2.93. The summed E-state index contributed by atoms with van der Waals surface area (Å²) >= 11 is 1.76. The van der Waals surface area contributed by atoms with Crippen molar-refractivity contribution in [1.29, 1.82) is 0 Å². The van der Waals surface area contributed by atoms with Gasteiger partial charge in [0.1, 0.15) is 5.37 Å². The van der Waals surface area contributed by atoms with E-state index in [1.807, 2.05) is 0 Å². The van der Waals surface area contributed by atoms with Gasteiger partial charge in [-0.05, 0) is 38.8 Å². The quantitative estimate of drug-likeness (QED) is 0.686. The number of hydrogen-bond acceptors (Lipinski definition) is 5. The molecule has 1 aliphatic carbocycles. The van der Waals surface area contributed by atoms with Crippen LogP contribution in [0.5, 0.6) is 0 Å². The molecule has 2 aliphatic rings. The number of thioether (sulfide) groups is 1. The molecule has 19 heavy (non-hydrogen) atoms. The normalized spacial score (nSPS) is 25.6. The molecule has 1 N–H and O–H groups in total. The van der Waals surface area contributed by atoms with Crippen molar-refractivity contribution in [3.8, 4) is 0 Å². The summed E-state index contributed by atoms with van der Waals surface area (Å²) in [6.45, 7) is 2.97. The van der Waals surface area contributed by atoms with Crippen molar-refractivity contribution in [2.45, 2.75) is 43.5 Å². The zero-order valence-electron chi connectivity index (χ0n) is 11.8. The van der Waals surface area contributed by atoms with E-state index in [0.717, 1.165) is 43.6 Å². The van der Waals surface area contributed by atoms with Gasteiger partial charge in [-0.1, -0.05) is 6.42 Å². The van der Waals surface area contributed by atoms with E-state index in [2.05, 4.69) is 10.2 Å². The number of hydrogen-bond donors (Lipinski definition) is 1. The molecule has 112 valence electrons. The fourth-order valence-electron chi connectivity index (χ4n) is 2.48. The van der Waals surface area contributed by atoms with Gasteiger partial charge in [0, 0.05) is 30.3 Å². The maximum atomic E-state index is 11.7. The fraction of sp³-hybridized carbons (Fsp3) is 1.00. The van der Waals surface area contributed by atoms with Crippen LogP contribution in [0.25, 0.3) is 0 Å². The number of unbranched alkanes of at least 4 members (excludes halogenated alkanes) is 2. The third-order valence-corrected chi connectivity index (χ3v) is 6.50. The van der Waals surface area contributed by atoms with Crippen LogP contribution in [0.2, 0.25) is 0 Å². The average Bonchev–Trinajstić information content (AvgIpc) is 3.17. The van der Waals surface area contributed by atoms with Crippen molar-refractivity contribution in [3.63, 3.8) is 0 Å². The van der Waals surface area contributed by atoms with Crippen molar-refractivity contribution < 1.29 is 8.42 Å². The summed E-state index contributed by atoms with van der Waals surface area (Å²) in [5.41, 5.74) is 0. The molecule has 1 atom stereocenters. The van der Waals surface area contributed by atoms with Crippen LogP contribution in [0.15, 0.2) is 0 Å². The van der Waals surface area contributed by atoms with Gasteiger partial charge in [0.2, 0.25) is 0 Å². The van der Waals surface area contributed by atoms with E-state index >= 15 is 0 Å². The average molecular weight is 306 g/mol. The van der Waals surface area contributed by atoms with E-state index < -0.39 is 9.84 Å². The Morgan fingerprint density at radius 3 is 2.74 bits per heavy atom. The SMILES string of the molecule is CS(=O)(=O)C1CSCCN1CCCCCNC1CC1. The van der Waals surface area contributed by atoms with Crippen LogP contribution in [0.4, 0.5) is 0 Å². The second kappa shape index (κ2) is 7.29. The second-order valence-electron chi connectivity index (χ2n) is 5.68. The lowest BCUT2D eigenvalue weighted by Crippen LogP contribution is -2.47. The van der Waals surface area contributed by atoms with Gasteiger partial charge < -0.3 is 5.32 Å². The van der Waals surface area contributed by atoms with Gasteiger partial charge in [0.05, 0.1) is 0 Å². The van der Waals surface area contributed by atoms with Gasteiger partial charge in [-0.3, -0.25) is 4.90 Å². The topological polar surface area (TPSA) is 49.4 Å². The third kappa shape index (κ3) is 5.61. The first-order valence-corrected chi connectivity index (χ1v) is 10.4. The van der Waals surface area contributed by atoms with Gasteiger partial charge in [0.15, 0.2) is 9.84 Å². The number of sulfone groups is 1. The Morgan fingerprint density at radius 2 is 2.05 bits per heavy atom. The molecule has 6 heteroatoms. The Morgan fingerprint density at radius 1 is 1.26 bits per heavy atom. The fourth-order valence-corrected chi connectivity index (χ4v) is 5.45. The van der Waals surface area contributed by atoms with Crippen molar-refractivity contribution in [2.75, 3.05) is 37.4 Å². The van der Waals surface area contributed by atoms with Crippen LogP contribution in [-0.2, 0) is 9.84 Å². The van der Waals surface area contributed by atoms with E-state index in [-0.39, 0.29) is 5.37 Å². The predicted molar refractivity (Wildman–Crippen MR) is 82.4 cm³/mol. The lowest BCUT2D eigenvalue weighted by atomic mass is 10.2. The molecule has 2 rings (SSSR count). The molecule has 1 unspecified atom stereocenters. The van der Waals surface area contributed by atoms with E-state index in [1.165, 1.54) is 31.9 Å². The molecule has 1 saturated carbocycles. The predicted octanol–water partition coefficient (Wildman–Crippen LogP) is 1.33. The molecule has 1 aliphatic heterocycles. The zero-order valence-corrected chi connectivity index (χ0v) is 13.4. The zero-order chi connectivity index (χ0) is 13.7. The van der Waals surface area contributed by atoms with Crippen LogP contribution in [0, 0.1) is 0 Å². The molecular formula is C13H26N2O2S2. The lowest BCUT2D eigenvalue weighted by Gasteiger charge is -2.33. The minimum Gasteiger partial charge on any atom is -0.314 e. The Labute approximate surface area is 121 Å². The molecule has 0 aromatic heterocycles. The summed E-state index contributed by atoms with van der Waals surface area (Å²) < 4.78 is 23.5. The highest BCUT2D eigenvalue weighted by atomic mass is 32.2. The van der Waals surface area contributed by atoms with Crippen LogP contribution in [-0.4, -0.2) is 62.1 Å². The van der Waals surface area contributed by atoms with E-state index in [0.29, 0.717) is 0 Å². The minimum absolute atomic E-state index is 0.254. The summed E-state index contributed by atoms with van der Waals surface area (Å²) in [6.07, 6.45) is 7.59. The van der Waals surface area contributed by atoms with E-state index in [9.17, 15) is 8.42 Å². The van der Waals surface area contributed by atoms with E-state index in [4.69, 9.17) is 0 Å². The number of rotatable bonds is 8. The third-order valence-electron chi connectivity index (χ3n) is 3.82. The highest BCUT2D eigenvalue weighted by Gasteiger charge is 2.30. The van der Waals surface area contributed by atoms with Gasteiger partial charge in [0.25, 0.3) is 0 Å². The molecule has 1 heterocycles. The molecule has 4 nitrogen and oxygen atoms in total. The molecule has 0 amide bonds. The second-order valence-corrected chi connectivity index (χ2v) is 9.04. The Kier molecular flexibility index (Phi) is 5.99. The van der Waals surface area contributed by atoms with Gasteiger partial charge in [-0.15, -0.1) is 0 Å². The lowest BCUT2D eigenvalue weighted by molar-refractivity contribution is 0.264. The first-order valence-electron chi connectivity index (χ1n) is 7.31. The van der Waals surface area contributed by atoms with Crippen LogP contribution in [0.1, 0.15) is 32.1 Å². The molecule has 2 fully saturated rings. The summed E-state index contributed by atoms with van der Waals surface area (Å²) in [5, 5.41) is 3.26. The number of nitrogens with zero attached hydrogens (tertiary/aromatic N) is 1. The number of nitrogens with one attached hydrogen (secondary N) is 1. The molecule has 0 radical (unpaired) electrons. The Balaban J connectivity index is 1.62. The van der Waals surface area contributed by atoms with E-state index in [1.54, 1.807) is 11.8 Å². The molecule has 0 bridgehead atoms. The first-order chi connectivity index (χ1) is 9.07. The summed E-state index contributed by atoms with van der Waals surface area (Å²) in [5.74, 6) is 1.80. The summed E-state index contributed by atoms with van der Waals surface area (Å²) in [4.78, 5) is 2.17. The highest BCUT2D eigenvalue weighted by Crippen LogP contribution is 2.21. The Bertz CT molecular complexity index is 369. The summed E-state index contributed by atoms with van der Waals surface area (Å²) in [6, 6.07) is 0.800. The maximum absolute atomic E-state index is 11.7. The largest absolute Gasteiger partial charge is 0.314 e. The van der Waals surface area contributed by atoms with Crippen LogP contribution >= 0.6 is 11.8 Å². The van der Waals surface area contributed by atoms with Gasteiger partial charge >= 0.3 is 0 Å². The van der Waals surface area contributed by atoms with Crippen molar-refractivity contribution in [3.05, 3.63) is 0 Å². The van der Waals surface area contributed by atoms with Crippen LogP contribution in [0.3, 0.4) is 0 Å². The smallest absolute Gasteiger partial charge is 0.164 e. The molecular weight excluding hydrogens is 280 g/mol. The maximum Gasteiger partial charge on any atom is 0.164 e.